The second-order valence-electron chi connectivity index (χ2n) is 8.65. The van der Waals surface area contributed by atoms with Crippen molar-refractivity contribution in [2.75, 3.05) is 43.3 Å². The molecule has 8 nitrogen and oxygen atoms in total. The minimum atomic E-state index is -4.27. The first-order valence-electron chi connectivity index (χ1n) is 11.4. The van der Waals surface area contributed by atoms with Gasteiger partial charge in [-0.05, 0) is 22.6 Å². The number of thioether (sulfide) groups is 1. The van der Waals surface area contributed by atoms with E-state index < -0.39 is 23.6 Å². The van der Waals surface area contributed by atoms with E-state index in [1.165, 1.54) is 16.9 Å². The number of carbonyl (C=O) groups excluding carboxylic acids is 1. The Hall–Kier alpha value is -2.56. The van der Waals surface area contributed by atoms with E-state index in [-0.39, 0.29) is 35.1 Å². The summed E-state index contributed by atoms with van der Waals surface area (Å²) in [7, 11) is -1.40. The molecule has 14 heteroatoms. The molecule has 1 aromatic carbocycles. The lowest BCUT2D eigenvalue weighted by molar-refractivity contribution is -0.131. The van der Waals surface area contributed by atoms with E-state index in [2.05, 4.69) is 9.98 Å². The van der Waals surface area contributed by atoms with Crippen LogP contribution in [0.15, 0.2) is 39.2 Å². The Morgan fingerprint density at radius 1 is 1.32 bits per heavy atom. The second-order valence-corrected chi connectivity index (χ2v) is 11.6. The van der Waals surface area contributed by atoms with Crippen molar-refractivity contribution in [3.05, 3.63) is 39.8 Å². The van der Waals surface area contributed by atoms with E-state index >= 15 is 0 Å². The van der Waals surface area contributed by atoms with Crippen molar-refractivity contribution in [2.45, 2.75) is 24.4 Å². The van der Waals surface area contributed by atoms with Gasteiger partial charge in [-0.3, -0.25) is 14.1 Å². The summed E-state index contributed by atoms with van der Waals surface area (Å²) in [6.45, 7) is 1.84. The number of piperazine rings is 1. The second kappa shape index (κ2) is 11.4. The first-order valence-corrected chi connectivity index (χ1v) is 14.2. The Kier molecular flexibility index (Phi) is 8.50. The minimum Gasteiger partial charge on any atom is -0.356 e. The van der Waals surface area contributed by atoms with Crippen LogP contribution < -0.4 is 4.31 Å². The summed E-state index contributed by atoms with van der Waals surface area (Å²) in [4.78, 5) is 25.6. The van der Waals surface area contributed by atoms with Crippen LogP contribution >= 0.6 is 23.4 Å². The van der Waals surface area contributed by atoms with Gasteiger partial charge >= 0.3 is 6.18 Å². The van der Waals surface area contributed by atoms with E-state index in [9.17, 15) is 22.2 Å². The number of rotatable bonds is 6. The monoisotopic (exact) mass is 572 g/mol. The molecule has 0 spiro atoms. The number of alkyl halides is 3. The highest BCUT2D eigenvalue weighted by Gasteiger charge is 2.40. The predicted molar refractivity (Wildman–Crippen MR) is 140 cm³/mol. The highest BCUT2D eigenvalue weighted by molar-refractivity contribution is 8.04. The number of aliphatic imine (C=N–C) groups is 2. The van der Waals surface area contributed by atoms with Crippen molar-refractivity contribution in [3.63, 3.8) is 0 Å². The summed E-state index contributed by atoms with van der Waals surface area (Å²) < 4.78 is 51.9. The van der Waals surface area contributed by atoms with Crippen LogP contribution in [0.25, 0.3) is 0 Å². The highest BCUT2D eigenvalue weighted by Crippen LogP contribution is 2.44. The van der Waals surface area contributed by atoms with Gasteiger partial charge in [-0.25, -0.2) is 9.20 Å². The van der Waals surface area contributed by atoms with Crippen LogP contribution in [-0.4, -0.2) is 82.6 Å². The standard InChI is InChI=1S/C23H24ClF3N6O2S2/c1-37(35)33(5-4-28)16-3-2-15(19(24)11-16)10-20(34)31-6-8-32(9-7-31)21-18-12-17(13-23(25,26)27)36-22(18)30-14-29-21/h2-3,11-12,14,18,22H,5-10,13H2,1H3. The molecule has 198 valence electrons. The summed E-state index contributed by atoms with van der Waals surface area (Å²) in [6.07, 6.45) is -0.655. The number of benzene rings is 1. The smallest absolute Gasteiger partial charge is 0.356 e. The van der Waals surface area contributed by atoms with Gasteiger partial charge in [-0.1, -0.05) is 23.7 Å². The molecule has 3 aliphatic heterocycles. The first kappa shape index (κ1) is 27.5. The fourth-order valence-corrected chi connectivity index (χ4v) is 6.54. The Morgan fingerprint density at radius 3 is 2.68 bits per heavy atom. The molecule has 0 saturated carbocycles. The molecule has 0 aromatic heterocycles. The van der Waals surface area contributed by atoms with Crippen molar-refractivity contribution < 1.29 is 22.2 Å². The number of anilines is 1. The van der Waals surface area contributed by atoms with Crippen molar-refractivity contribution in [1.29, 1.82) is 5.26 Å². The number of nitriles is 1. The van der Waals surface area contributed by atoms with Gasteiger partial charge in [0.2, 0.25) is 5.91 Å². The SMILES string of the molecule is CS(=O)N(CC#N)c1ccc(CC(=O)N2CCN(C3=NC=NC4SC(CC(F)(F)F)=CC34)CC2)c(Cl)c1. The van der Waals surface area contributed by atoms with Crippen LogP contribution in [0.4, 0.5) is 18.9 Å². The molecule has 1 saturated heterocycles. The zero-order chi connectivity index (χ0) is 26.7. The molecule has 0 aliphatic carbocycles. The number of nitrogens with zero attached hydrogens (tertiary/aromatic N) is 6. The van der Waals surface area contributed by atoms with Gasteiger partial charge in [0.15, 0.2) is 0 Å². The fourth-order valence-electron chi connectivity index (χ4n) is 4.40. The van der Waals surface area contributed by atoms with Crippen LogP contribution in [0.3, 0.4) is 0 Å². The minimum absolute atomic E-state index is 0.0567. The summed E-state index contributed by atoms with van der Waals surface area (Å²) in [5.41, 5.74) is 1.16. The zero-order valence-corrected chi connectivity index (χ0v) is 22.2. The van der Waals surface area contributed by atoms with Gasteiger partial charge in [-0.15, -0.1) is 11.8 Å². The van der Waals surface area contributed by atoms with E-state index in [0.717, 1.165) is 11.8 Å². The van der Waals surface area contributed by atoms with Gasteiger partial charge in [-0.2, -0.15) is 18.4 Å². The molecule has 3 unspecified atom stereocenters. The lowest BCUT2D eigenvalue weighted by atomic mass is 10.0. The summed E-state index contributed by atoms with van der Waals surface area (Å²) in [5.74, 6) is 0.270. The average Bonchev–Trinajstić information content (AvgIpc) is 3.24. The number of halogens is 4. The third-order valence-electron chi connectivity index (χ3n) is 6.17. The van der Waals surface area contributed by atoms with Crippen LogP contribution in [0, 0.1) is 17.2 Å². The highest BCUT2D eigenvalue weighted by atomic mass is 35.5. The predicted octanol–water partition coefficient (Wildman–Crippen LogP) is 3.62. The number of allylic oxidation sites excluding steroid dienone is 1. The lowest BCUT2D eigenvalue weighted by Crippen LogP contribution is -2.53. The zero-order valence-electron chi connectivity index (χ0n) is 19.8. The molecular weight excluding hydrogens is 549 g/mol. The number of fused-ring (bicyclic) bond motifs is 1. The molecule has 1 fully saturated rings. The molecule has 1 amide bonds. The molecule has 3 atom stereocenters. The topological polar surface area (TPSA) is 92.4 Å². The molecule has 3 aliphatic rings. The first-order chi connectivity index (χ1) is 17.6. The maximum atomic E-state index is 13.0. The third kappa shape index (κ3) is 6.66. The van der Waals surface area contributed by atoms with Crippen LogP contribution in [0.5, 0.6) is 0 Å². The van der Waals surface area contributed by atoms with Crippen molar-refractivity contribution in [3.8, 4) is 6.07 Å². The Balaban J connectivity index is 1.35. The molecular formula is C23H24ClF3N6O2S2. The number of amides is 1. The van der Waals surface area contributed by atoms with Crippen molar-refractivity contribution in [1.82, 2.24) is 9.80 Å². The maximum Gasteiger partial charge on any atom is 0.393 e. The molecule has 0 bridgehead atoms. The quantitative estimate of drug-likeness (QED) is 0.486. The van der Waals surface area contributed by atoms with E-state index in [0.29, 0.717) is 48.3 Å². The number of amidine groups is 1. The molecule has 4 rings (SSSR count). The Labute approximate surface area is 224 Å². The molecule has 1 aromatic rings. The van der Waals surface area contributed by atoms with Crippen LogP contribution in [0.1, 0.15) is 12.0 Å². The number of carbonyl (C=O) groups is 1. The van der Waals surface area contributed by atoms with E-state index in [4.69, 9.17) is 16.9 Å². The number of hydrogen-bond donors (Lipinski definition) is 0. The van der Waals surface area contributed by atoms with Gasteiger partial charge < -0.3 is 9.80 Å². The fraction of sp³-hybridized carbons (Fsp3) is 0.478. The molecule has 3 heterocycles. The number of hydrogen-bond acceptors (Lipinski definition) is 7. The summed E-state index contributed by atoms with van der Waals surface area (Å²) in [5, 5.41) is 8.96. The molecule has 0 N–H and O–H groups in total. The van der Waals surface area contributed by atoms with E-state index in [1.807, 2.05) is 11.0 Å². The van der Waals surface area contributed by atoms with Crippen LogP contribution in [-0.2, 0) is 22.2 Å². The summed E-state index contributed by atoms with van der Waals surface area (Å²) >= 11 is 7.52. The van der Waals surface area contributed by atoms with Gasteiger partial charge in [0.05, 0.1) is 30.5 Å². The molecule has 0 radical (unpaired) electrons. The molecule has 37 heavy (non-hydrogen) atoms. The lowest BCUT2D eigenvalue weighted by Gasteiger charge is -2.39. The maximum absolute atomic E-state index is 13.0. The van der Waals surface area contributed by atoms with Gasteiger partial charge in [0, 0.05) is 37.5 Å². The van der Waals surface area contributed by atoms with Gasteiger partial charge in [0.25, 0.3) is 0 Å². The van der Waals surface area contributed by atoms with Crippen LogP contribution in [0.2, 0.25) is 5.02 Å². The third-order valence-corrected chi connectivity index (χ3v) is 8.72. The normalized spacial score (nSPS) is 22.2. The Morgan fingerprint density at radius 2 is 2.05 bits per heavy atom. The van der Waals surface area contributed by atoms with Crippen molar-refractivity contribution in [2.24, 2.45) is 15.9 Å². The van der Waals surface area contributed by atoms with Crippen molar-refractivity contribution >= 4 is 58.1 Å². The summed E-state index contributed by atoms with van der Waals surface area (Å²) in [6, 6.07) is 6.95. The average molecular weight is 573 g/mol. The largest absolute Gasteiger partial charge is 0.393 e. The Bertz CT molecular complexity index is 1210. The van der Waals surface area contributed by atoms with Gasteiger partial charge in [0.1, 0.15) is 35.1 Å². The van der Waals surface area contributed by atoms with E-state index in [1.54, 1.807) is 29.2 Å².